The van der Waals surface area contributed by atoms with Gasteiger partial charge in [-0.3, -0.25) is 0 Å². The van der Waals surface area contributed by atoms with Gasteiger partial charge in [0, 0.05) is 18.5 Å². The fourth-order valence-corrected chi connectivity index (χ4v) is 5.05. The molecule has 5 aromatic rings. The second-order valence-corrected chi connectivity index (χ2v) is 9.82. The molecule has 0 aliphatic heterocycles. The van der Waals surface area contributed by atoms with Crippen molar-refractivity contribution in [3.8, 4) is 0 Å². The van der Waals surface area contributed by atoms with Gasteiger partial charge in [0.1, 0.15) is 0 Å². The number of esters is 1. The minimum Gasteiger partial charge on any atom is -0.465 e. The van der Waals surface area contributed by atoms with Gasteiger partial charge in [0.05, 0.1) is 12.7 Å². The molecule has 0 saturated carbocycles. The molecule has 0 saturated heterocycles. The first kappa shape index (κ1) is 25.4. The van der Waals surface area contributed by atoms with Crippen LogP contribution in [0.5, 0.6) is 0 Å². The van der Waals surface area contributed by atoms with E-state index in [1.807, 2.05) is 12.1 Å². The minimum absolute atomic E-state index is 0.215. The number of hydrogen-bond acceptors (Lipinski definition) is 3. The number of ether oxygens (including phenoxy) is 1. The van der Waals surface area contributed by atoms with E-state index in [2.05, 4.69) is 121 Å². The summed E-state index contributed by atoms with van der Waals surface area (Å²) < 4.78 is 4.88. The second-order valence-electron chi connectivity index (χ2n) is 9.82. The van der Waals surface area contributed by atoms with Crippen molar-refractivity contribution in [2.75, 3.05) is 7.11 Å². The van der Waals surface area contributed by atoms with Crippen LogP contribution in [-0.4, -0.2) is 19.1 Å². The number of fused-ring (bicyclic) bond motifs is 2. The zero-order chi connectivity index (χ0) is 26.3. The number of allylic oxidation sites excluding steroid dienone is 1. The average molecular weight is 500 g/mol. The van der Waals surface area contributed by atoms with Crippen LogP contribution >= 0.6 is 0 Å². The van der Waals surface area contributed by atoms with Crippen LogP contribution in [0.4, 0.5) is 0 Å². The summed E-state index contributed by atoms with van der Waals surface area (Å²) in [5.74, 6) is -0.0781. The molecule has 3 heteroatoms. The predicted molar refractivity (Wildman–Crippen MR) is 158 cm³/mol. The Morgan fingerprint density at radius 3 is 2.11 bits per heavy atom. The number of hydrogen-bond donors (Lipinski definition) is 1. The standard InChI is InChI=1S/C35H33NO2/c1-25(36-24-27-15-17-29-10-4-6-12-33(29)23-27)34(30-18-20-31(21-19-30)35(37)38-2)13-7-8-26-14-16-28-9-3-5-11-32(28)22-26/h3-12,14-23,25,34,36H,13,24H2,1-2H3. The van der Waals surface area contributed by atoms with Crippen molar-refractivity contribution in [1.82, 2.24) is 5.32 Å². The largest absolute Gasteiger partial charge is 0.465 e. The van der Waals surface area contributed by atoms with Crippen LogP contribution in [0.15, 0.2) is 115 Å². The summed E-state index contributed by atoms with van der Waals surface area (Å²) in [6, 6.07) is 38.1. The third-order valence-electron chi connectivity index (χ3n) is 7.28. The smallest absolute Gasteiger partial charge is 0.337 e. The SMILES string of the molecule is COC(=O)c1ccc(C(CC=Cc2ccc3ccccc3c2)C(C)NCc2ccc3ccccc3c2)cc1. The fraction of sp³-hybridized carbons (Fsp3) is 0.171. The molecule has 0 aromatic heterocycles. The molecule has 0 aliphatic rings. The predicted octanol–water partition coefficient (Wildman–Crippen LogP) is 8.15. The fourth-order valence-electron chi connectivity index (χ4n) is 5.05. The summed E-state index contributed by atoms with van der Waals surface area (Å²) in [6.07, 6.45) is 5.34. The first-order valence-electron chi connectivity index (χ1n) is 13.2. The van der Waals surface area contributed by atoms with Crippen LogP contribution in [0.3, 0.4) is 0 Å². The molecular formula is C35H33NO2. The molecule has 1 N–H and O–H groups in total. The lowest BCUT2D eigenvalue weighted by molar-refractivity contribution is 0.0600. The van der Waals surface area contributed by atoms with Gasteiger partial charge in [0.2, 0.25) is 0 Å². The van der Waals surface area contributed by atoms with E-state index in [0.29, 0.717) is 5.56 Å². The highest BCUT2D eigenvalue weighted by molar-refractivity contribution is 5.89. The van der Waals surface area contributed by atoms with Crippen molar-refractivity contribution in [3.63, 3.8) is 0 Å². The molecule has 2 unspecified atom stereocenters. The van der Waals surface area contributed by atoms with Gasteiger partial charge in [-0.1, -0.05) is 97.1 Å². The molecule has 5 rings (SSSR count). The minimum atomic E-state index is -0.313. The highest BCUT2D eigenvalue weighted by Gasteiger charge is 2.19. The van der Waals surface area contributed by atoms with Gasteiger partial charge in [0.25, 0.3) is 0 Å². The Hall–Kier alpha value is -4.21. The summed E-state index contributed by atoms with van der Waals surface area (Å²) in [5, 5.41) is 8.77. The topological polar surface area (TPSA) is 38.3 Å². The Morgan fingerprint density at radius 2 is 1.42 bits per heavy atom. The third-order valence-corrected chi connectivity index (χ3v) is 7.28. The number of rotatable bonds is 9. The maximum absolute atomic E-state index is 12.0. The number of carbonyl (C=O) groups excluding carboxylic acids is 1. The maximum atomic E-state index is 12.0. The molecule has 38 heavy (non-hydrogen) atoms. The number of nitrogens with one attached hydrogen (secondary N) is 1. The van der Waals surface area contributed by atoms with E-state index in [1.165, 1.54) is 45.3 Å². The molecule has 0 amide bonds. The highest BCUT2D eigenvalue weighted by Crippen LogP contribution is 2.27. The summed E-state index contributed by atoms with van der Waals surface area (Å²) in [6.45, 7) is 3.03. The van der Waals surface area contributed by atoms with Gasteiger partial charge < -0.3 is 10.1 Å². The van der Waals surface area contributed by atoms with Gasteiger partial charge in [-0.25, -0.2) is 4.79 Å². The van der Waals surface area contributed by atoms with Crippen LogP contribution in [0.1, 0.15) is 46.3 Å². The van der Waals surface area contributed by atoms with Crippen LogP contribution < -0.4 is 5.32 Å². The Morgan fingerprint density at radius 1 is 0.789 bits per heavy atom. The molecule has 2 atom stereocenters. The maximum Gasteiger partial charge on any atom is 0.337 e. The van der Waals surface area contributed by atoms with E-state index in [4.69, 9.17) is 4.74 Å². The van der Waals surface area contributed by atoms with Crippen LogP contribution in [-0.2, 0) is 11.3 Å². The monoisotopic (exact) mass is 499 g/mol. The van der Waals surface area contributed by atoms with Crippen molar-refractivity contribution >= 4 is 33.6 Å². The second kappa shape index (κ2) is 11.9. The van der Waals surface area contributed by atoms with Crippen LogP contribution in [0.25, 0.3) is 27.6 Å². The summed E-state index contributed by atoms with van der Waals surface area (Å²) in [5.41, 5.74) is 4.22. The quantitative estimate of drug-likeness (QED) is 0.208. The Labute approximate surface area is 224 Å². The molecule has 5 aromatic carbocycles. The van der Waals surface area contributed by atoms with Crippen molar-refractivity contribution in [2.45, 2.75) is 31.8 Å². The lowest BCUT2D eigenvalue weighted by atomic mass is 9.88. The van der Waals surface area contributed by atoms with Gasteiger partial charge in [-0.15, -0.1) is 0 Å². The summed E-state index contributed by atoms with van der Waals surface area (Å²) >= 11 is 0. The third kappa shape index (κ3) is 6.01. The van der Waals surface area contributed by atoms with Crippen molar-refractivity contribution in [3.05, 3.63) is 138 Å². The molecule has 0 spiro atoms. The molecule has 0 heterocycles. The Bertz CT molecular complexity index is 1570. The van der Waals surface area contributed by atoms with E-state index in [9.17, 15) is 4.79 Å². The van der Waals surface area contributed by atoms with Gasteiger partial charge in [-0.05, 0) is 75.8 Å². The lowest BCUT2D eigenvalue weighted by Gasteiger charge is -2.25. The van der Waals surface area contributed by atoms with Crippen molar-refractivity contribution in [2.24, 2.45) is 0 Å². The van der Waals surface area contributed by atoms with E-state index in [-0.39, 0.29) is 17.9 Å². The molecule has 190 valence electrons. The Kier molecular flexibility index (Phi) is 7.96. The highest BCUT2D eigenvalue weighted by atomic mass is 16.5. The van der Waals surface area contributed by atoms with E-state index >= 15 is 0 Å². The van der Waals surface area contributed by atoms with Crippen molar-refractivity contribution < 1.29 is 9.53 Å². The zero-order valence-corrected chi connectivity index (χ0v) is 21.9. The number of carbonyl (C=O) groups is 1. The first-order chi connectivity index (χ1) is 18.6. The van der Waals surface area contributed by atoms with Gasteiger partial charge >= 0.3 is 5.97 Å². The van der Waals surface area contributed by atoms with E-state index < -0.39 is 0 Å². The normalized spacial score (nSPS) is 13.1. The van der Waals surface area contributed by atoms with Gasteiger partial charge in [-0.2, -0.15) is 0 Å². The summed E-state index contributed by atoms with van der Waals surface area (Å²) in [4.78, 5) is 12.0. The first-order valence-corrected chi connectivity index (χ1v) is 13.2. The molecule has 0 bridgehead atoms. The van der Waals surface area contributed by atoms with Crippen LogP contribution in [0, 0.1) is 0 Å². The van der Waals surface area contributed by atoms with Crippen LogP contribution in [0.2, 0.25) is 0 Å². The molecular weight excluding hydrogens is 466 g/mol. The summed E-state index contributed by atoms with van der Waals surface area (Å²) in [7, 11) is 1.41. The van der Waals surface area contributed by atoms with E-state index in [1.54, 1.807) is 0 Å². The lowest BCUT2D eigenvalue weighted by Crippen LogP contribution is -2.31. The molecule has 3 nitrogen and oxygen atoms in total. The molecule has 0 aliphatic carbocycles. The molecule has 0 radical (unpaired) electrons. The van der Waals surface area contributed by atoms with E-state index in [0.717, 1.165) is 13.0 Å². The van der Waals surface area contributed by atoms with Gasteiger partial charge in [0.15, 0.2) is 0 Å². The Balaban J connectivity index is 1.34. The number of benzene rings is 5. The zero-order valence-electron chi connectivity index (χ0n) is 21.9. The average Bonchev–Trinajstić information content (AvgIpc) is 2.97. The number of methoxy groups -OCH3 is 1. The molecule has 0 fully saturated rings. The van der Waals surface area contributed by atoms with Crippen molar-refractivity contribution in [1.29, 1.82) is 0 Å².